The van der Waals surface area contributed by atoms with Crippen LogP contribution in [0, 0.1) is 17.1 Å². The van der Waals surface area contributed by atoms with Gasteiger partial charge in [0.15, 0.2) is 5.82 Å². The predicted molar refractivity (Wildman–Crippen MR) is 102 cm³/mol. The van der Waals surface area contributed by atoms with Gasteiger partial charge in [0.2, 0.25) is 11.1 Å². The van der Waals surface area contributed by atoms with Gasteiger partial charge >= 0.3 is 0 Å². The van der Waals surface area contributed by atoms with Crippen molar-refractivity contribution in [3.8, 4) is 17.5 Å². The summed E-state index contributed by atoms with van der Waals surface area (Å²) in [5.74, 6) is -0.395. The van der Waals surface area contributed by atoms with Gasteiger partial charge < -0.3 is 5.32 Å². The second kappa shape index (κ2) is 8.20. The average Bonchev–Trinajstić information content (AvgIpc) is 3.10. The molecule has 1 amide bonds. The molecular weight excluding hydrogens is 389 g/mol. The van der Waals surface area contributed by atoms with E-state index in [0.29, 0.717) is 27.8 Å². The van der Waals surface area contributed by atoms with Crippen LogP contribution in [0.2, 0.25) is 5.02 Å². The number of benzene rings is 2. The smallest absolute Gasteiger partial charge is 0.237 e. The van der Waals surface area contributed by atoms with Crippen molar-refractivity contribution >= 4 is 35.0 Å². The summed E-state index contributed by atoms with van der Waals surface area (Å²) in [4.78, 5) is 16.6. The van der Waals surface area contributed by atoms with Crippen LogP contribution in [-0.2, 0) is 4.79 Å². The van der Waals surface area contributed by atoms with E-state index in [1.165, 1.54) is 18.2 Å². The second-order valence-electron chi connectivity index (χ2n) is 5.50. The first-order chi connectivity index (χ1) is 13.0. The van der Waals surface area contributed by atoms with Crippen LogP contribution in [0.5, 0.6) is 0 Å². The number of hydrogen-bond acceptors (Lipinski definition) is 5. The van der Waals surface area contributed by atoms with Gasteiger partial charge in [0.25, 0.3) is 0 Å². The first-order valence-electron chi connectivity index (χ1n) is 7.82. The van der Waals surface area contributed by atoms with Crippen LogP contribution in [0.3, 0.4) is 0 Å². The Labute approximate surface area is 163 Å². The number of carbonyl (C=O) groups is 1. The summed E-state index contributed by atoms with van der Waals surface area (Å²) in [6, 6.07) is 12.8. The SMILES string of the molecule is C[C@@H](Sc1n[nH]c(-c2ccccc2F)n1)C(=O)Nc1ccc(C#N)c(Cl)c1. The fourth-order valence-corrected chi connectivity index (χ4v) is 3.16. The molecule has 0 spiro atoms. The van der Waals surface area contributed by atoms with E-state index in [2.05, 4.69) is 20.5 Å². The van der Waals surface area contributed by atoms with Gasteiger partial charge in [-0.15, -0.1) is 5.10 Å². The molecule has 0 saturated heterocycles. The standard InChI is InChI=1S/C18H13ClFN5OS/c1-10(17(26)22-12-7-6-11(9-21)14(19)8-12)27-18-23-16(24-25-18)13-4-2-3-5-15(13)20/h2-8,10H,1H3,(H,22,26)(H,23,24,25)/t10-/m1/s1. The maximum Gasteiger partial charge on any atom is 0.237 e. The fourth-order valence-electron chi connectivity index (χ4n) is 2.21. The maximum absolute atomic E-state index is 13.8. The van der Waals surface area contributed by atoms with Crippen LogP contribution in [0.25, 0.3) is 11.4 Å². The molecule has 0 saturated carbocycles. The van der Waals surface area contributed by atoms with E-state index in [1.54, 1.807) is 31.2 Å². The van der Waals surface area contributed by atoms with Gasteiger partial charge in [0, 0.05) is 5.69 Å². The number of amides is 1. The topological polar surface area (TPSA) is 94.5 Å². The van der Waals surface area contributed by atoms with Crippen molar-refractivity contribution in [3.63, 3.8) is 0 Å². The molecule has 6 nitrogen and oxygen atoms in total. The number of aromatic amines is 1. The van der Waals surface area contributed by atoms with E-state index in [-0.39, 0.29) is 10.9 Å². The first kappa shape index (κ1) is 18.9. The lowest BCUT2D eigenvalue weighted by molar-refractivity contribution is -0.115. The molecule has 2 N–H and O–H groups in total. The van der Waals surface area contributed by atoms with E-state index in [4.69, 9.17) is 16.9 Å². The van der Waals surface area contributed by atoms with E-state index in [0.717, 1.165) is 11.8 Å². The summed E-state index contributed by atoms with van der Waals surface area (Å²) in [5, 5.41) is 18.4. The molecule has 9 heteroatoms. The van der Waals surface area contributed by atoms with Gasteiger partial charge in [-0.1, -0.05) is 35.5 Å². The van der Waals surface area contributed by atoms with Crippen LogP contribution in [0.15, 0.2) is 47.6 Å². The van der Waals surface area contributed by atoms with E-state index in [1.807, 2.05) is 6.07 Å². The third kappa shape index (κ3) is 4.45. The molecule has 27 heavy (non-hydrogen) atoms. The van der Waals surface area contributed by atoms with E-state index < -0.39 is 11.1 Å². The molecule has 3 aromatic rings. The Morgan fingerprint density at radius 3 is 2.85 bits per heavy atom. The number of carbonyl (C=O) groups excluding carboxylic acids is 1. The van der Waals surface area contributed by atoms with Crippen LogP contribution in [0.4, 0.5) is 10.1 Å². The summed E-state index contributed by atoms with van der Waals surface area (Å²) in [6.45, 7) is 1.70. The maximum atomic E-state index is 13.8. The Balaban J connectivity index is 1.66. The quantitative estimate of drug-likeness (QED) is 0.623. The lowest BCUT2D eigenvalue weighted by Crippen LogP contribution is -2.22. The van der Waals surface area contributed by atoms with Gasteiger partial charge in [0.05, 0.1) is 21.4 Å². The van der Waals surface area contributed by atoms with Crippen LogP contribution < -0.4 is 5.32 Å². The molecule has 0 bridgehead atoms. The summed E-state index contributed by atoms with van der Waals surface area (Å²) in [7, 11) is 0. The van der Waals surface area contributed by atoms with Crippen molar-refractivity contribution in [1.29, 1.82) is 5.26 Å². The highest BCUT2D eigenvalue weighted by atomic mass is 35.5. The van der Waals surface area contributed by atoms with Crippen molar-refractivity contribution in [2.75, 3.05) is 5.32 Å². The van der Waals surface area contributed by atoms with Crippen LogP contribution in [0.1, 0.15) is 12.5 Å². The molecule has 1 atom stereocenters. The van der Waals surface area contributed by atoms with Crippen molar-refractivity contribution in [2.24, 2.45) is 0 Å². The minimum absolute atomic E-state index is 0.263. The highest BCUT2D eigenvalue weighted by Crippen LogP contribution is 2.25. The number of aromatic nitrogens is 3. The molecule has 0 radical (unpaired) electrons. The zero-order valence-electron chi connectivity index (χ0n) is 14.0. The third-order valence-corrected chi connectivity index (χ3v) is 4.88. The molecule has 0 fully saturated rings. The summed E-state index contributed by atoms with van der Waals surface area (Å²) in [6.07, 6.45) is 0. The number of thioether (sulfide) groups is 1. The first-order valence-corrected chi connectivity index (χ1v) is 9.08. The normalized spacial score (nSPS) is 11.6. The van der Waals surface area contributed by atoms with Crippen molar-refractivity contribution in [3.05, 3.63) is 58.9 Å². The monoisotopic (exact) mass is 401 g/mol. The number of anilines is 1. The molecule has 3 rings (SSSR count). The summed E-state index contributed by atoms with van der Waals surface area (Å²) >= 11 is 7.09. The number of nitrogens with one attached hydrogen (secondary N) is 2. The van der Waals surface area contributed by atoms with Crippen molar-refractivity contribution < 1.29 is 9.18 Å². The molecule has 1 heterocycles. The van der Waals surface area contributed by atoms with Gasteiger partial charge in [-0.2, -0.15) is 5.26 Å². The third-order valence-electron chi connectivity index (χ3n) is 3.60. The molecule has 0 aliphatic rings. The minimum Gasteiger partial charge on any atom is -0.325 e. The molecule has 1 aromatic heterocycles. The number of hydrogen-bond donors (Lipinski definition) is 2. The van der Waals surface area contributed by atoms with Crippen molar-refractivity contribution in [1.82, 2.24) is 15.2 Å². The highest BCUT2D eigenvalue weighted by Gasteiger charge is 2.18. The molecule has 0 aliphatic heterocycles. The van der Waals surface area contributed by atoms with Gasteiger partial charge in [-0.05, 0) is 37.3 Å². The number of nitrogens with zero attached hydrogens (tertiary/aromatic N) is 3. The fraction of sp³-hybridized carbons (Fsp3) is 0.111. The Morgan fingerprint density at radius 2 is 2.15 bits per heavy atom. The number of rotatable bonds is 5. The Bertz CT molecular complexity index is 1030. The zero-order valence-corrected chi connectivity index (χ0v) is 15.6. The summed E-state index contributed by atoms with van der Waals surface area (Å²) < 4.78 is 13.8. The Morgan fingerprint density at radius 1 is 1.37 bits per heavy atom. The molecular formula is C18H13ClFN5OS. The lowest BCUT2D eigenvalue weighted by Gasteiger charge is -2.10. The lowest BCUT2D eigenvalue weighted by atomic mass is 10.2. The largest absolute Gasteiger partial charge is 0.325 e. The number of halogens is 2. The van der Waals surface area contributed by atoms with Gasteiger partial charge in [-0.3, -0.25) is 9.89 Å². The minimum atomic E-state index is -0.510. The average molecular weight is 402 g/mol. The number of H-pyrrole nitrogens is 1. The Hall–Kier alpha value is -2.89. The van der Waals surface area contributed by atoms with Gasteiger partial charge in [-0.25, -0.2) is 9.37 Å². The van der Waals surface area contributed by atoms with Crippen LogP contribution >= 0.6 is 23.4 Å². The molecule has 136 valence electrons. The zero-order chi connectivity index (χ0) is 19.4. The van der Waals surface area contributed by atoms with Crippen LogP contribution in [-0.4, -0.2) is 26.3 Å². The predicted octanol–water partition coefficient (Wildman–Crippen LogP) is 4.26. The highest BCUT2D eigenvalue weighted by molar-refractivity contribution is 8.00. The molecule has 0 aliphatic carbocycles. The van der Waals surface area contributed by atoms with E-state index in [9.17, 15) is 9.18 Å². The van der Waals surface area contributed by atoms with E-state index >= 15 is 0 Å². The Kier molecular flexibility index (Phi) is 5.74. The molecule has 0 unspecified atom stereocenters. The van der Waals surface area contributed by atoms with Gasteiger partial charge in [0.1, 0.15) is 11.9 Å². The van der Waals surface area contributed by atoms with Crippen molar-refractivity contribution in [2.45, 2.75) is 17.3 Å². The summed E-state index contributed by atoms with van der Waals surface area (Å²) in [5.41, 5.74) is 1.12. The number of nitriles is 1. The second-order valence-corrected chi connectivity index (χ2v) is 7.22. The molecule has 2 aromatic carbocycles.